The van der Waals surface area contributed by atoms with Gasteiger partial charge < -0.3 is 9.80 Å². The number of piperazine rings is 2. The number of thiophene rings is 1. The molecule has 0 radical (unpaired) electrons. The van der Waals surface area contributed by atoms with Gasteiger partial charge in [-0.15, -0.1) is 11.3 Å². The summed E-state index contributed by atoms with van der Waals surface area (Å²) >= 11 is 1.18. The monoisotopic (exact) mass is 608 g/mol. The van der Waals surface area contributed by atoms with Crippen molar-refractivity contribution in [3.8, 4) is 0 Å². The fraction of sp³-hybridized carbons (Fsp3) is 0.393. The van der Waals surface area contributed by atoms with Crippen LogP contribution in [0.1, 0.15) is 10.4 Å². The van der Waals surface area contributed by atoms with Crippen LogP contribution in [0.5, 0.6) is 0 Å². The number of aromatic nitrogens is 4. The number of amides is 1. The van der Waals surface area contributed by atoms with Crippen LogP contribution in [0.25, 0.3) is 10.2 Å². The number of benzene rings is 1. The number of carbonyl (C=O) groups is 1. The van der Waals surface area contributed by atoms with Gasteiger partial charge >= 0.3 is 0 Å². The molecule has 1 aromatic carbocycles. The van der Waals surface area contributed by atoms with Crippen LogP contribution in [0.15, 0.2) is 64.8 Å². The van der Waals surface area contributed by atoms with Gasteiger partial charge in [-0.1, -0.05) is 30.3 Å². The van der Waals surface area contributed by atoms with Crippen LogP contribution >= 0.6 is 11.3 Å². The number of hydrogen-bond acceptors (Lipinski definition) is 10. The Kier molecular flexibility index (Phi) is 8.03. The van der Waals surface area contributed by atoms with Crippen molar-refractivity contribution in [3.63, 3.8) is 0 Å². The molecule has 14 heteroatoms. The first-order valence-corrected chi connectivity index (χ1v) is 16.1. The minimum absolute atomic E-state index is 0.0132. The second-order valence-electron chi connectivity index (χ2n) is 10.4. The molecule has 0 N–H and O–H groups in total. The predicted octanol–water partition coefficient (Wildman–Crippen LogP) is 1.41. The molecule has 2 fully saturated rings. The number of sulfonamides is 1. The van der Waals surface area contributed by atoms with E-state index in [2.05, 4.69) is 32.0 Å². The molecule has 220 valence electrons. The maximum atomic E-state index is 13.8. The summed E-state index contributed by atoms with van der Waals surface area (Å²) in [5.74, 6) is 0.370. The largest absolute Gasteiger partial charge is 0.339 e. The lowest BCUT2D eigenvalue weighted by atomic mass is 10.2. The van der Waals surface area contributed by atoms with Gasteiger partial charge in [0.1, 0.15) is 16.3 Å². The maximum absolute atomic E-state index is 13.8. The molecule has 1 amide bonds. The maximum Gasteiger partial charge on any atom is 0.263 e. The third-order valence-electron chi connectivity index (χ3n) is 7.75. The van der Waals surface area contributed by atoms with E-state index in [0.29, 0.717) is 41.8 Å². The van der Waals surface area contributed by atoms with Gasteiger partial charge in [-0.3, -0.25) is 19.1 Å². The zero-order valence-corrected chi connectivity index (χ0v) is 24.9. The number of carbonyl (C=O) groups excluding carboxylic acids is 1. The lowest BCUT2D eigenvalue weighted by Gasteiger charge is -2.34. The Balaban J connectivity index is 1.16. The summed E-state index contributed by atoms with van der Waals surface area (Å²) in [7, 11) is -3.98. The summed E-state index contributed by atoms with van der Waals surface area (Å²) in [5.41, 5.74) is 0.711. The van der Waals surface area contributed by atoms with Crippen molar-refractivity contribution in [3.05, 3.63) is 75.9 Å². The molecule has 3 aromatic heterocycles. The van der Waals surface area contributed by atoms with E-state index in [1.807, 2.05) is 23.1 Å². The Morgan fingerprint density at radius 2 is 1.60 bits per heavy atom. The van der Waals surface area contributed by atoms with Gasteiger partial charge in [0.15, 0.2) is 0 Å². The fourth-order valence-corrected chi connectivity index (χ4v) is 8.58. The molecule has 2 aliphatic heterocycles. The van der Waals surface area contributed by atoms with Crippen molar-refractivity contribution in [2.45, 2.75) is 24.9 Å². The van der Waals surface area contributed by atoms with Crippen molar-refractivity contribution >= 4 is 43.4 Å². The standard InChI is InChI=1S/C28H32N8O4S2/c1-21-25(42(39,40)36-16-14-34(15-17-36)28-29-8-5-9-30-28)24-26(41-21)31-20-35(27(24)38)19-23(37)33-12-10-32(11-13-33)18-22-6-3-2-4-7-22/h2-9,20H,10-19H2,1H3. The molecule has 4 aromatic rings. The number of nitrogens with zero attached hydrogens (tertiary/aromatic N) is 8. The van der Waals surface area contributed by atoms with Crippen molar-refractivity contribution in [2.24, 2.45) is 0 Å². The first kappa shape index (κ1) is 28.4. The molecule has 0 bridgehead atoms. The highest BCUT2D eigenvalue weighted by molar-refractivity contribution is 7.89. The van der Waals surface area contributed by atoms with Crippen LogP contribution in [0.3, 0.4) is 0 Å². The molecule has 0 unspecified atom stereocenters. The van der Waals surface area contributed by atoms with Crippen LogP contribution in [0, 0.1) is 6.92 Å². The summed E-state index contributed by atoms with van der Waals surface area (Å²) in [5, 5.41) is 0.0503. The number of hydrogen-bond donors (Lipinski definition) is 0. The van der Waals surface area contributed by atoms with Crippen molar-refractivity contribution in [2.75, 3.05) is 57.3 Å². The SMILES string of the molecule is Cc1sc2ncn(CC(=O)N3CCN(Cc4ccccc4)CC3)c(=O)c2c1S(=O)(=O)N1CCN(c2ncccn2)CC1. The number of aryl methyl sites for hydroxylation is 1. The minimum Gasteiger partial charge on any atom is -0.339 e. The first-order valence-electron chi connectivity index (χ1n) is 13.9. The smallest absolute Gasteiger partial charge is 0.263 e. The highest BCUT2D eigenvalue weighted by Crippen LogP contribution is 2.33. The van der Waals surface area contributed by atoms with Crippen LogP contribution < -0.4 is 10.5 Å². The van der Waals surface area contributed by atoms with E-state index in [-0.39, 0.29) is 35.8 Å². The minimum atomic E-state index is -3.98. The molecular formula is C28H32N8O4S2. The Labute approximate surface area is 247 Å². The van der Waals surface area contributed by atoms with Crippen LogP contribution in [0.2, 0.25) is 0 Å². The van der Waals surface area contributed by atoms with Gasteiger partial charge in [-0.05, 0) is 18.6 Å². The van der Waals surface area contributed by atoms with Crippen LogP contribution in [0.4, 0.5) is 5.95 Å². The van der Waals surface area contributed by atoms with Crippen molar-refractivity contribution in [1.82, 2.24) is 33.6 Å². The summed E-state index contributed by atoms with van der Waals surface area (Å²) in [6, 6.07) is 11.9. The van der Waals surface area contributed by atoms with Crippen molar-refractivity contribution < 1.29 is 13.2 Å². The Bertz CT molecular complexity index is 1730. The summed E-state index contributed by atoms with van der Waals surface area (Å²) in [4.78, 5) is 46.6. The quantitative estimate of drug-likeness (QED) is 0.306. The second-order valence-corrected chi connectivity index (χ2v) is 13.5. The molecular weight excluding hydrogens is 576 g/mol. The topological polar surface area (TPSA) is 125 Å². The zero-order valence-electron chi connectivity index (χ0n) is 23.3. The average molecular weight is 609 g/mol. The van der Waals surface area contributed by atoms with Gasteiger partial charge in [0.05, 0.1) is 11.7 Å². The lowest BCUT2D eigenvalue weighted by Crippen LogP contribution is -2.49. The molecule has 0 spiro atoms. The van der Waals surface area contributed by atoms with Gasteiger partial charge in [0.2, 0.25) is 21.9 Å². The highest BCUT2D eigenvalue weighted by atomic mass is 32.2. The Morgan fingerprint density at radius 3 is 2.29 bits per heavy atom. The molecule has 5 heterocycles. The van der Waals surface area contributed by atoms with E-state index in [9.17, 15) is 18.0 Å². The van der Waals surface area contributed by atoms with Crippen LogP contribution in [-0.2, 0) is 27.9 Å². The second kappa shape index (κ2) is 11.9. The number of fused-ring (bicyclic) bond motifs is 1. The molecule has 42 heavy (non-hydrogen) atoms. The molecule has 2 saturated heterocycles. The molecule has 0 saturated carbocycles. The third kappa shape index (κ3) is 5.67. The van der Waals surface area contributed by atoms with E-state index in [1.54, 1.807) is 30.3 Å². The summed E-state index contributed by atoms with van der Waals surface area (Å²) in [6.45, 7) is 6.27. The van der Waals surface area contributed by atoms with E-state index in [0.717, 1.165) is 19.6 Å². The van der Waals surface area contributed by atoms with Crippen molar-refractivity contribution in [1.29, 1.82) is 0 Å². The molecule has 0 aliphatic carbocycles. The fourth-order valence-electron chi connectivity index (χ4n) is 5.49. The Hall–Kier alpha value is -3.72. The predicted molar refractivity (Wildman–Crippen MR) is 160 cm³/mol. The number of anilines is 1. The van der Waals surface area contributed by atoms with E-state index in [1.165, 1.54) is 32.1 Å². The van der Waals surface area contributed by atoms with Gasteiger partial charge in [0, 0.05) is 76.2 Å². The third-order valence-corrected chi connectivity index (χ3v) is 11.0. The van der Waals surface area contributed by atoms with E-state index in [4.69, 9.17) is 0 Å². The van der Waals surface area contributed by atoms with Gasteiger partial charge in [-0.2, -0.15) is 4.31 Å². The van der Waals surface area contributed by atoms with Gasteiger partial charge in [0.25, 0.3) is 5.56 Å². The Morgan fingerprint density at radius 1 is 0.905 bits per heavy atom. The highest BCUT2D eigenvalue weighted by Gasteiger charge is 2.34. The molecule has 6 rings (SSSR count). The first-order chi connectivity index (χ1) is 20.3. The lowest BCUT2D eigenvalue weighted by molar-refractivity contribution is -0.133. The van der Waals surface area contributed by atoms with E-state index < -0.39 is 15.6 Å². The summed E-state index contributed by atoms with van der Waals surface area (Å²) in [6.07, 6.45) is 4.65. The van der Waals surface area contributed by atoms with Crippen LogP contribution in [-0.4, -0.2) is 100 Å². The number of rotatable bonds is 7. The molecule has 12 nitrogen and oxygen atoms in total. The van der Waals surface area contributed by atoms with Gasteiger partial charge in [-0.25, -0.2) is 23.4 Å². The van der Waals surface area contributed by atoms with E-state index >= 15 is 0 Å². The normalized spacial score (nSPS) is 17.2. The molecule has 2 aliphatic rings. The average Bonchev–Trinajstić information content (AvgIpc) is 3.37. The zero-order chi connectivity index (χ0) is 29.3. The molecule has 0 atom stereocenters. The summed E-state index contributed by atoms with van der Waals surface area (Å²) < 4.78 is 30.3.